The molecule has 3 aromatic rings. The number of fused-ring (bicyclic) bond motifs is 1. The van der Waals surface area contributed by atoms with E-state index < -0.39 is 5.97 Å². The third-order valence-electron chi connectivity index (χ3n) is 2.40. The van der Waals surface area contributed by atoms with Gasteiger partial charge in [0, 0.05) is 0 Å². The minimum atomic E-state index is -0.476. The maximum atomic E-state index is 11.5. The minimum absolute atomic E-state index is 0.205. The summed E-state index contributed by atoms with van der Waals surface area (Å²) in [5, 5.41) is 16.5. The molecule has 0 aliphatic rings. The Bertz CT molecular complexity index is 735. The summed E-state index contributed by atoms with van der Waals surface area (Å²) in [4.78, 5) is 11.5. The zero-order valence-electron chi connectivity index (χ0n) is 9.98. The first-order valence-electron chi connectivity index (χ1n) is 5.61. The Labute approximate surface area is 111 Å². The van der Waals surface area contributed by atoms with E-state index in [1.54, 1.807) is 11.6 Å². The Kier molecular flexibility index (Phi) is 2.92. The highest BCUT2D eigenvalue weighted by Crippen LogP contribution is 2.19. The van der Waals surface area contributed by atoms with Crippen molar-refractivity contribution in [2.24, 2.45) is 0 Å². The molecule has 0 aliphatic heterocycles. The lowest BCUT2D eigenvalue weighted by molar-refractivity contribution is 0.0525. The van der Waals surface area contributed by atoms with E-state index in [9.17, 15) is 4.79 Å². The van der Waals surface area contributed by atoms with Crippen LogP contribution in [0.5, 0.6) is 0 Å². The number of hydrogen-bond acceptors (Lipinski definition) is 7. The molecule has 0 atom stereocenters. The molecule has 0 bridgehead atoms. The summed E-state index contributed by atoms with van der Waals surface area (Å²) in [7, 11) is 0. The second kappa shape index (κ2) is 4.73. The molecule has 2 heterocycles. The fraction of sp³-hybridized carbons (Fsp3) is 0.182. The summed E-state index contributed by atoms with van der Waals surface area (Å²) in [6.07, 6.45) is 0. The van der Waals surface area contributed by atoms with Crippen LogP contribution in [-0.4, -0.2) is 37.8 Å². The molecule has 0 saturated heterocycles. The predicted molar refractivity (Wildman–Crippen MR) is 68.3 cm³/mol. The number of para-hydroxylation sites is 1. The van der Waals surface area contributed by atoms with Gasteiger partial charge in [-0.15, -0.1) is 15.3 Å². The molecule has 7 nitrogen and oxygen atoms in total. The van der Waals surface area contributed by atoms with Gasteiger partial charge in [0.05, 0.1) is 12.1 Å². The maximum Gasteiger partial charge on any atom is 0.369 e. The maximum absolute atomic E-state index is 11.5. The molecule has 0 saturated carbocycles. The number of hydrogen-bond donors (Lipinski definition) is 0. The monoisotopic (exact) mass is 275 g/mol. The van der Waals surface area contributed by atoms with Crippen molar-refractivity contribution in [1.29, 1.82) is 0 Å². The van der Waals surface area contributed by atoms with Crippen molar-refractivity contribution in [2.75, 3.05) is 6.61 Å². The van der Waals surface area contributed by atoms with Gasteiger partial charge in [0.2, 0.25) is 10.1 Å². The van der Waals surface area contributed by atoms with Crippen LogP contribution in [0.3, 0.4) is 0 Å². The number of nitrogens with zero attached hydrogens (tertiary/aromatic N) is 5. The first-order valence-corrected chi connectivity index (χ1v) is 6.42. The van der Waals surface area contributed by atoms with E-state index in [-0.39, 0.29) is 5.01 Å². The van der Waals surface area contributed by atoms with Gasteiger partial charge in [0.1, 0.15) is 5.52 Å². The minimum Gasteiger partial charge on any atom is -0.461 e. The molecule has 0 N–H and O–H groups in total. The van der Waals surface area contributed by atoms with E-state index in [1.165, 1.54) is 0 Å². The first kappa shape index (κ1) is 11.7. The number of esters is 1. The summed E-state index contributed by atoms with van der Waals surface area (Å²) in [6, 6.07) is 7.49. The first-order chi connectivity index (χ1) is 9.29. The molecule has 0 unspecified atom stereocenters. The van der Waals surface area contributed by atoms with Crippen molar-refractivity contribution in [2.45, 2.75) is 6.92 Å². The van der Waals surface area contributed by atoms with Crippen molar-refractivity contribution in [3.05, 3.63) is 29.3 Å². The van der Waals surface area contributed by atoms with Crippen molar-refractivity contribution in [1.82, 2.24) is 25.2 Å². The Balaban J connectivity index is 2.01. The Morgan fingerprint density at radius 1 is 1.32 bits per heavy atom. The van der Waals surface area contributed by atoms with E-state index in [0.717, 1.165) is 22.4 Å². The van der Waals surface area contributed by atoms with Crippen LogP contribution in [0.15, 0.2) is 24.3 Å². The van der Waals surface area contributed by atoms with Crippen LogP contribution in [0.25, 0.3) is 16.2 Å². The molecule has 3 rings (SSSR count). The predicted octanol–water partition coefficient (Wildman–Crippen LogP) is 1.45. The van der Waals surface area contributed by atoms with Crippen molar-refractivity contribution in [3.8, 4) is 5.13 Å². The average Bonchev–Trinajstić information content (AvgIpc) is 3.05. The lowest BCUT2D eigenvalue weighted by Crippen LogP contribution is -2.03. The van der Waals surface area contributed by atoms with Crippen molar-refractivity contribution < 1.29 is 9.53 Å². The van der Waals surface area contributed by atoms with Gasteiger partial charge in [0.25, 0.3) is 0 Å². The molecule has 19 heavy (non-hydrogen) atoms. The molecular weight excluding hydrogens is 266 g/mol. The third kappa shape index (κ3) is 2.06. The highest BCUT2D eigenvalue weighted by Gasteiger charge is 2.16. The van der Waals surface area contributed by atoms with Gasteiger partial charge in [-0.1, -0.05) is 28.7 Å². The summed E-state index contributed by atoms with van der Waals surface area (Å²) >= 11 is 1.12. The van der Waals surface area contributed by atoms with E-state index in [1.807, 2.05) is 24.3 Å². The summed E-state index contributed by atoms with van der Waals surface area (Å²) in [5.74, 6) is -0.476. The topological polar surface area (TPSA) is 82.8 Å². The van der Waals surface area contributed by atoms with E-state index >= 15 is 0 Å². The quantitative estimate of drug-likeness (QED) is 0.673. The lowest BCUT2D eigenvalue weighted by Gasteiger charge is -1.95. The highest BCUT2D eigenvalue weighted by atomic mass is 32.1. The van der Waals surface area contributed by atoms with Gasteiger partial charge < -0.3 is 4.74 Å². The molecule has 0 spiro atoms. The second-order valence-corrected chi connectivity index (χ2v) is 4.56. The van der Waals surface area contributed by atoms with E-state index in [4.69, 9.17) is 4.74 Å². The molecule has 96 valence electrons. The molecule has 0 aliphatic carbocycles. The van der Waals surface area contributed by atoms with Crippen molar-refractivity contribution >= 4 is 28.3 Å². The fourth-order valence-corrected chi connectivity index (χ4v) is 2.29. The SMILES string of the molecule is CCOC(=O)c1nnc(-n2nnc3ccccc32)s1. The number of aromatic nitrogens is 5. The number of ether oxygens (including phenoxy) is 1. The van der Waals surface area contributed by atoms with Gasteiger partial charge in [-0.25, -0.2) is 4.79 Å². The Hall–Kier alpha value is -2.35. The summed E-state index contributed by atoms with van der Waals surface area (Å²) in [6.45, 7) is 2.05. The van der Waals surface area contributed by atoms with E-state index in [2.05, 4.69) is 20.5 Å². The largest absolute Gasteiger partial charge is 0.461 e. The molecule has 2 aromatic heterocycles. The third-order valence-corrected chi connectivity index (χ3v) is 3.28. The van der Waals surface area contributed by atoms with Crippen LogP contribution >= 0.6 is 11.3 Å². The lowest BCUT2D eigenvalue weighted by atomic mass is 10.3. The van der Waals surface area contributed by atoms with Gasteiger partial charge in [-0.3, -0.25) is 0 Å². The molecule has 0 amide bonds. The number of benzene rings is 1. The Morgan fingerprint density at radius 2 is 2.16 bits per heavy atom. The highest BCUT2D eigenvalue weighted by molar-refractivity contribution is 7.15. The van der Waals surface area contributed by atoms with Crippen LogP contribution in [0.4, 0.5) is 0 Å². The molecule has 1 aromatic carbocycles. The number of carbonyl (C=O) groups excluding carboxylic acids is 1. The average molecular weight is 275 g/mol. The summed E-state index contributed by atoms with van der Waals surface area (Å²) < 4.78 is 6.42. The normalized spacial score (nSPS) is 10.8. The van der Waals surface area contributed by atoms with Gasteiger partial charge in [-0.2, -0.15) is 4.68 Å². The number of rotatable bonds is 3. The zero-order chi connectivity index (χ0) is 13.2. The van der Waals surface area contributed by atoms with Gasteiger partial charge >= 0.3 is 5.97 Å². The standard InChI is InChI=1S/C11H9N5O2S/c1-2-18-10(17)9-13-14-11(19-9)16-8-6-4-3-5-7(8)12-15-16/h3-6H,2H2,1H3. The van der Waals surface area contributed by atoms with Gasteiger partial charge in [-0.05, 0) is 19.1 Å². The summed E-state index contributed by atoms with van der Waals surface area (Å²) in [5.41, 5.74) is 1.57. The number of carbonyl (C=O) groups is 1. The van der Waals surface area contributed by atoms with Crippen LogP contribution in [0, 0.1) is 0 Å². The van der Waals surface area contributed by atoms with Crippen LogP contribution < -0.4 is 0 Å². The second-order valence-electron chi connectivity index (χ2n) is 3.60. The molecule has 8 heteroatoms. The Morgan fingerprint density at radius 3 is 3.00 bits per heavy atom. The fourth-order valence-electron chi connectivity index (χ4n) is 1.59. The smallest absolute Gasteiger partial charge is 0.369 e. The van der Waals surface area contributed by atoms with Crippen LogP contribution in [-0.2, 0) is 4.74 Å². The molecular formula is C11H9N5O2S. The molecule has 0 fully saturated rings. The zero-order valence-corrected chi connectivity index (χ0v) is 10.8. The van der Waals surface area contributed by atoms with Crippen LogP contribution in [0.2, 0.25) is 0 Å². The van der Waals surface area contributed by atoms with E-state index in [0.29, 0.717) is 11.7 Å². The van der Waals surface area contributed by atoms with Crippen LogP contribution in [0.1, 0.15) is 16.7 Å². The van der Waals surface area contributed by atoms with Gasteiger partial charge in [0.15, 0.2) is 0 Å². The molecule has 0 radical (unpaired) electrons. The van der Waals surface area contributed by atoms with Crippen molar-refractivity contribution in [3.63, 3.8) is 0 Å².